The average Bonchev–Trinajstić information content (AvgIpc) is 3.19. The summed E-state index contributed by atoms with van der Waals surface area (Å²) >= 11 is 0. The van der Waals surface area contributed by atoms with Crippen LogP contribution in [0.2, 0.25) is 0 Å². The predicted molar refractivity (Wildman–Crippen MR) is 108 cm³/mol. The van der Waals surface area contributed by atoms with E-state index in [1.54, 1.807) is 6.92 Å². The van der Waals surface area contributed by atoms with Crippen LogP contribution in [-0.4, -0.2) is 34.3 Å². The van der Waals surface area contributed by atoms with Crippen molar-refractivity contribution >= 4 is 35.9 Å². The van der Waals surface area contributed by atoms with E-state index in [-0.39, 0.29) is 30.3 Å². The van der Waals surface area contributed by atoms with E-state index in [0.29, 0.717) is 12.8 Å². The molecule has 2 unspecified atom stereocenters. The summed E-state index contributed by atoms with van der Waals surface area (Å²) in [6.45, 7) is 1.62. The summed E-state index contributed by atoms with van der Waals surface area (Å²) < 4.78 is 0. The molecule has 3 aliphatic rings. The van der Waals surface area contributed by atoms with Gasteiger partial charge in [0, 0.05) is 5.69 Å². The van der Waals surface area contributed by atoms with Crippen LogP contribution in [0.1, 0.15) is 62.6 Å². The van der Waals surface area contributed by atoms with Gasteiger partial charge in [-0.2, -0.15) is 0 Å². The smallest absolute Gasteiger partial charge is 0.325 e. The fourth-order valence-electron chi connectivity index (χ4n) is 4.70. The summed E-state index contributed by atoms with van der Waals surface area (Å²) in [5.74, 6) is -0.562. The molecule has 1 spiro atoms. The van der Waals surface area contributed by atoms with Crippen LogP contribution in [0.25, 0.3) is 0 Å². The molecule has 7 nitrogen and oxygen atoms in total. The molecule has 28 heavy (non-hydrogen) atoms. The number of hydrogen-bond acceptors (Lipinski definition) is 4. The molecule has 0 aromatic heterocycles. The van der Waals surface area contributed by atoms with Crippen LogP contribution in [0.4, 0.5) is 10.5 Å². The van der Waals surface area contributed by atoms with Gasteiger partial charge in [-0.25, -0.2) is 9.69 Å². The molecule has 4 N–H and O–H groups in total. The number of amides is 4. The Bertz CT molecular complexity index is 807. The molecule has 8 heteroatoms. The number of carbonyl (C=O) groups is 3. The van der Waals surface area contributed by atoms with Gasteiger partial charge in [0.15, 0.2) is 0 Å². The zero-order valence-corrected chi connectivity index (χ0v) is 16.8. The Labute approximate surface area is 170 Å². The Hall–Kier alpha value is -2.28. The van der Waals surface area contributed by atoms with Gasteiger partial charge in [0.05, 0.1) is 6.04 Å². The second-order valence-corrected chi connectivity index (χ2v) is 7.98. The number of nitrogens with two attached hydrogens (primary N) is 1. The SMILES string of the molecule is CC(C(=O)NC1CCCc2cc(N)ccc21)N1C(=O)NC2(CCCC2)C1=O.Cl. The number of imide groups is 1. The second kappa shape index (κ2) is 7.62. The Balaban J connectivity index is 0.00000225. The predicted octanol–water partition coefficient (Wildman–Crippen LogP) is 2.44. The second-order valence-electron chi connectivity index (χ2n) is 7.98. The molecule has 1 aliphatic heterocycles. The standard InChI is InChI=1S/C20H26N4O3.ClH/c1-12(24-18(26)20(23-19(24)27)9-2-3-10-20)17(25)22-16-6-4-5-13-11-14(21)7-8-15(13)16;/h7-8,11-12,16H,2-6,9-10,21H2,1H3,(H,22,25)(H,23,27);1H. The number of urea groups is 1. The highest BCUT2D eigenvalue weighted by atomic mass is 35.5. The maximum atomic E-state index is 12.9. The first-order valence-corrected chi connectivity index (χ1v) is 9.76. The molecular formula is C20H27ClN4O3. The molecule has 1 saturated heterocycles. The zero-order chi connectivity index (χ0) is 19.2. The lowest BCUT2D eigenvalue weighted by atomic mass is 9.87. The number of nitrogens with zero attached hydrogens (tertiary/aromatic N) is 1. The Morgan fingerprint density at radius 3 is 2.71 bits per heavy atom. The third-order valence-corrected chi connectivity index (χ3v) is 6.21. The first kappa shape index (κ1) is 20.5. The number of hydrogen-bond donors (Lipinski definition) is 3. The number of rotatable bonds is 3. The summed E-state index contributed by atoms with van der Waals surface area (Å²) in [4.78, 5) is 39.2. The van der Waals surface area contributed by atoms with Crippen molar-refractivity contribution in [3.8, 4) is 0 Å². The van der Waals surface area contributed by atoms with Gasteiger partial charge in [-0.1, -0.05) is 18.9 Å². The summed E-state index contributed by atoms with van der Waals surface area (Å²) in [7, 11) is 0. The van der Waals surface area contributed by atoms with E-state index in [9.17, 15) is 14.4 Å². The molecule has 1 heterocycles. The fraction of sp³-hybridized carbons (Fsp3) is 0.550. The van der Waals surface area contributed by atoms with E-state index in [1.165, 1.54) is 0 Å². The number of benzene rings is 1. The van der Waals surface area contributed by atoms with Crippen molar-refractivity contribution in [3.63, 3.8) is 0 Å². The minimum Gasteiger partial charge on any atom is -0.399 e. The monoisotopic (exact) mass is 406 g/mol. The van der Waals surface area contributed by atoms with Gasteiger partial charge < -0.3 is 16.4 Å². The van der Waals surface area contributed by atoms with E-state index < -0.39 is 17.6 Å². The van der Waals surface area contributed by atoms with E-state index in [1.807, 2.05) is 18.2 Å². The van der Waals surface area contributed by atoms with E-state index >= 15 is 0 Å². The zero-order valence-electron chi connectivity index (χ0n) is 16.0. The minimum absolute atomic E-state index is 0. The van der Waals surface area contributed by atoms with Crippen molar-refractivity contribution in [1.82, 2.24) is 15.5 Å². The van der Waals surface area contributed by atoms with Crippen molar-refractivity contribution < 1.29 is 14.4 Å². The number of halogens is 1. The van der Waals surface area contributed by atoms with Gasteiger partial charge in [0.25, 0.3) is 5.91 Å². The van der Waals surface area contributed by atoms with E-state index in [2.05, 4.69) is 10.6 Å². The molecule has 1 saturated carbocycles. The molecule has 1 aromatic carbocycles. The van der Waals surface area contributed by atoms with Gasteiger partial charge in [0.2, 0.25) is 5.91 Å². The van der Waals surface area contributed by atoms with Crippen molar-refractivity contribution in [3.05, 3.63) is 29.3 Å². The summed E-state index contributed by atoms with van der Waals surface area (Å²) in [6, 6.07) is 4.34. The minimum atomic E-state index is -0.836. The lowest BCUT2D eigenvalue weighted by Gasteiger charge is -2.29. The highest BCUT2D eigenvalue weighted by Gasteiger charge is 2.54. The van der Waals surface area contributed by atoms with Gasteiger partial charge in [-0.3, -0.25) is 9.59 Å². The maximum Gasteiger partial charge on any atom is 0.325 e. The first-order valence-electron chi connectivity index (χ1n) is 9.76. The largest absolute Gasteiger partial charge is 0.399 e. The van der Waals surface area contributed by atoms with Crippen LogP contribution in [0, 0.1) is 0 Å². The third-order valence-electron chi connectivity index (χ3n) is 6.21. The molecule has 1 aromatic rings. The molecule has 152 valence electrons. The molecule has 4 amide bonds. The molecular weight excluding hydrogens is 380 g/mol. The van der Waals surface area contributed by atoms with Crippen LogP contribution >= 0.6 is 12.4 Å². The van der Waals surface area contributed by atoms with Crippen LogP contribution in [0.15, 0.2) is 18.2 Å². The summed E-state index contributed by atoms with van der Waals surface area (Å²) in [5, 5.41) is 5.87. The van der Waals surface area contributed by atoms with Crippen molar-refractivity contribution in [2.24, 2.45) is 0 Å². The number of carbonyl (C=O) groups excluding carboxylic acids is 3. The number of nitrogens with one attached hydrogen (secondary N) is 2. The van der Waals surface area contributed by atoms with Crippen LogP contribution < -0.4 is 16.4 Å². The first-order chi connectivity index (χ1) is 12.9. The highest BCUT2D eigenvalue weighted by molar-refractivity contribution is 6.10. The van der Waals surface area contributed by atoms with Gasteiger partial charge >= 0.3 is 6.03 Å². The third kappa shape index (κ3) is 3.32. The molecule has 2 atom stereocenters. The number of nitrogen functional groups attached to an aromatic ring is 1. The lowest BCUT2D eigenvalue weighted by Crippen LogP contribution is -2.50. The quantitative estimate of drug-likeness (QED) is 0.529. The Kier molecular flexibility index (Phi) is 5.57. The van der Waals surface area contributed by atoms with Crippen LogP contribution in [-0.2, 0) is 16.0 Å². The average molecular weight is 407 g/mol. The van der Waals surface area contributed by atoms with Gasteiger partial charge in [0.1, 0.15) is 11.6 Å². The fourth-order valence-corrected chi connectivity index (χ4v) is 4.70. The molecule has 0 bridgehead atoms. The lowest BCUT2D eigenvalue weighted by molar-refractivity contribution is -0.138. The number of anilines is 1. The molecule has 2 aliphatic carbocycles. The van der Waals surface area contributed by atoms with Gasteiger partial charge in [-0.15, -0.1) is 12.4 Å². The van der Waals surface area contributed by atoms with Crippen LogP contribution in [0.3, 0.4) is 0 Å². The van der Waals surface area contributed by atoms with Gasteiger partial charge in [-0.05, 0) is 62.3 Å². The molecule has 0 radical (unpaired) electrons. The molecule has 2 fully saturated rings. The van der Waals surface area contributed by atoms with Crippen molar-refractivity contribution in [2.75, 3.05) is 5.73 Å². The normalized spacial score (nSPS) is 23.8. The highest BCUT2D eigenvalue weighted by Crippen LogP contribution is 2.36. The Morgan fingerprint density at radius 1 is 1.29 bits per heavy atom. The van der Waals surface area contributed by atoms with Crippen molar-refractivity contribution in [2.45, 2.75) is 69.5 Å². The van der Waals surface area contributed by atoms with E-state index in [4.69, 9.17) is 5.73 Å². The van der Waals surface area contributed by atoms with E-state index in [0.717, 1.165) is 53.8 Å². The summed E-state index contributed by atoms with van der Waals surface area (Å²) in [6.07, 6.45) is 5.88. The van der Waals surface area contributed by atoms with Crippen LogP contribution in [0.5, 0.6) is 0 Å². The topological polar surface area (TPSA) is 105 Å². The number of aryl methyl sites for hydroxylation is 1. The molecule has 4 rings (SSSR count). The Morgan fingerprint density at radius 2 is 2.00 bits per heavy atom. The summed E-state index contributed by atoms with van der Waals surface area (Å²) in [5.41, 5.74) is 8.02. The number of fused-ring (bicyclic) bond motifs is 1. The van der Waals surface area contributed by atoms with Crippen molar-refractivity contribution in [1.29, 1.82) is 0 Å². The maximum absolute atomic E-state index is 12.9.